The van der Waals surface area contributed by atoms with Crippen molar-refractivity contribution in [1.82, 2.24) is 0 Å². The molecule has 0 saturated carbocycles. The van der Waals surface area contributed by atoms with E-state index in [0.717, 1.165) is 0 Å². The van der Waals surface area contributed by atoms with Crippen molar-refractivity contribution < 1.29 is 39.6 Å². The van der Waals surface area contributed by atoms with Gasteiger partial charge in [0.05, 0.1) is 25.0 Å². The van der Waals surface area contributed by atoms with Crippen molar-refractivity contribution in [2.75, 3.05) is 12.8 Å². The van der Waals surface area contributed by atoms with Crippen LogP contribution in [0.4, 0.5) is 0 Å². The van der Waals surface area contributed by atoms with Crippen LogP contribution in [0.2, 0.25) is 0 Å². The third-order valence-corrected chi connectivity index (χ3v) is 2.96. The normalized spacial score (nSPS) is 19.9. The number of hydrogen-bond donors (Lipinski definition) is 6. The monoisotopic (exact) mass is 258 g/mol. The molecule has 0 spiro atoms. The van der Waals surface area contributed by atoms with Gasteiger partial charge in [0.15, 0.2) is 6.29 Å². The predicted molar refractivity (Wildman–Crippen MR) is 51.6 cm³/mol. The van der Waals surface area contributed by atoms with Crippen LogP contribution in [0.5, 0.6) is 0 Å². The lowest BCUT2D eigenvalue weighted by molar-refractivity contribution is -0.125. The molecule has 0 saturated heterocycles. The molecule has 16 heavy (non-hydrogen) atoms. The first-order valence-electron chi connectivity index (χ1n) is 4.38. The molecule has 4 atom stereocenters. The number of carbonyl (C=O) groups excluding carboxylic acids is 1. The van der Waals surface area contributed by atoms with Crippen LogP contribution in [0.15, 0.2) is 0 Å². The van der Waals surface area contributed by atoms with Gasteiger partial charge in [-0.15, -0.1) is 0 Å². The molecule has 0 rings (SSSR count). The van der Waals surface area contributed by atoms with Crippen molar-refractivity contribution in [3.8, 4) is 0 Å². The van der Waals surface area contributed by atoms with Gasteiger partial charge in [-0.1, -0.05) is 0 Å². The minimum atomic E-state index is -4.55. The van der Waals surface area contributed by atoms with Crippen molar-refractivity contribution in [1.29, 1.82) is 0 Å². The van der Waals surface area contributed by atoms with Gasteiger partial charge in [0, 0.05) is 5.92 Å². The largest absolute Gasteiger partial charge is 0.394 e. The van der Waals surface area contributed by atoms with Gasteiger partial charge in [-0.25, -0.2) is 0 Å². The molecule has 96 valence electrons. The topological polar surface area (TPSA) is 156 Å². The summed E-state index contributed by atoms with van der Waals surface area (Å²) in [5, 5.41) is 36.2. The molecule has 0 unspecified atom stereocenters. The Morgan fingerprint density at radius 1 is 1.19 bits per heavy atom. The summed E-state index contributed by atoms with van der Waals surface area (Å²) >= 11 is 0. The molecule has 0 bridgehead atoms. The Bertz CT molecular complexity index is 263. The number of carbonyl (C=O) groups is 1. The first kappa shape index (κ1) is 15.7. The molecule has 0 radical (unpaired) electrons. The quantitative estimate of drug-likeness (QED) is 0.209. The Hall–Kier alpha value is -0.340. The van der Waals surface area contributed by atoms with E-state index in [1.54, 1.807) is 0 Å². The molecule has 0 aliphatic heterocycles. The Kier molecular flexibility index (Phi) is 6.27. The number of rotatable bonds is 7. The number of aldehydes is 1. The average molecular weight is 258 g/mol. The van der Waals surface area contributed by atoms with E-state index in [-0.39, 0.29) is 6.29 Å². The van der Waals surface area contributed by atoms with Crippen LogP contribution in [0.1, 0.15) is 0 Å². The third-order valence-electron chi connectivity index (χ3n) is 2.06. The van der Waals surface area contributed by atoms with E-state index < -0.39 is 44.6 Å². The van der Waals surface area contributed by atoms with Gasteiger partial charge < -0.3 is 35.0 Å². The first-order valence-corrected chi connectivity index (χ1v) is 6.17. The van der Waals surface area contributed by atoms with Crippen LogP contribution < -0.4 is 0 Å². The van der Waals surface area contributed by atoms with E-state index in [9.17, 15) is 19.6 Å². The maximum absolute atomic E-state index is 10.7. The summed E-state index contributed by atoms with van der Waals surface area (Å²) < 4.78 is 10.7. The highest BCUT2D eigenvalue weighted by atomic mass is 31.2. The minimum absolute atomic E-state index is 0.0264. The zero-order valence-corrected chi connectivity index (χ0v) is 9.14. The molecule has 0 amide bonds. The van der Waals surface area contributed by atoms with Crippen LogP contribution in [-0.2, 0) is 9.36 Å². The smallest absolute Gasteiger partial charge is 0.326 e. The molecule has 0 heterocycles. The second-order valence-corrected chi connectivity index (χ2v) is 5.07. The SMILES string of the molecule is O=C[C@H](O)[C@@H](O)[C@@H](CP(=O)(O)O)[C@H](O)CO. The lowest BCUT2D eigenvalue weighted by Crippen LogP contribution is -2.43. The Balaban J connectivity index is 4.79. The van der Waals surface area contributed by atoms with Crippen LogP contribution in [-0.4, -0.2) is 67.6 Å². The van der Waals surface area contributed by atoms with Gasteiger partial charge in [-0.05, 0) is 0 Å². The fraction of sp³-hybridized carbons (Fsp3) is 0.857. The lowest BCUT2D eigenvalue weighted by atomic mass is 9.95. The Morgan fingerprint density at radius 2 is 1.69 bits per heavy atom. The van der Waals surface area contributed by atoms with Gasteiger partial charge in [0.1, 0.15) is 6.10 Å². The number of aliphatic hydroxyl groups excluding tert-OH is 4. The summed E-state index contributed by atoms with van der Waals surface area (Å²) in [6, 6.07) is 0. The zero-order valence-electron chi connectivity index (χ0n) is 8.25. The Morgan fingerprint density at radius 3 is 2.00 bits per heavy atom. The number of aliphatic hydroxyl groups is 4. The summed E-state index contributed by atoms with van der Waals surface area (Å²) in [7, 11) is -4.55. The summed E-state index contributed by atoms with van der Waals surface area (Å²) in [6.07, 6.45) is -6.34. The molecule has 0 aliphatic carbocycles. The highest BCUT2D eigenvalue weighted by Gasteiger charge is 2.36. The fourth-order valence-corrected chi connectivity index (χ4v) is 2.21. The standard InChI is InChI=1S/C7H15O8P/c8-1-5(10)4(3-16(13,14)15)7(12)6(11)2-9/h2,4-8,10-12H,1,3H2,(H2,13,14,15)/t4-,5+,6-,7-/m0/s1. The molecule has 6 N–H and O–H groups in total. The lowest BCUT2D eigenvalue weighted by Gasteiger charge is -2.27. The second-order valence-electron chi connectivity index (χ2n) is 3.38. The molecule has 0 aromatic rings. The minimum Gasteiger partial charge on any atom is -0.394 e. The molecule has 8 nitrogen and oxygen atoms in total. The van der Waals surface area contributed by atoms with Crippen LogP contribution in [0.25, 0.3) is 0 Å². The van der Waals surface area contributed by atoms with Crippen molar-refractivity contribution in [3.63, 3.8) is 0 Å². The average Bonchev–Trinajstić information content (AvgIpc) is 2.21. The van der Waals surface area contributed by atoms with E-state index in [0.29, 0.717) is 0 Å². The molecule has 0 fully saturated rings. The third kappa shape index (κ3) is 5.13. The summed E-state index contributed by atoms with van der Waals surface area (Å²) in [4.78, 5) is 27.5. The van der Waals surface area contributed by atoms with Gasteiger partial charge in [-0.2, -0.15) is 0 Å². The summed E-state index contributed by atoms with van der Waals surface area (Å²) in [5.74, 6) is -1.49. The summed E-state index contributed by atoms with van der Waals surface area (Å²) in [6.45, 7) is -0.854. The zero-order chi connectivity index (χ0) is 12.9. The molecule has 0 aliphatic rings. The molecular formula is C7H15O8P. The van der Waals surface area contributed by atoms with E-state index in [1.807, 2.05) is 0 Å². The van der Waals surface area contributed by atoms with Crippen LogP contribution >= 0.6 is 7.60 Å². The molecular weight excluding hydrogens is 243 g/mol. The second kappa shape index (κ2) is 6.41. The molecule has 0 aromatic heterocycles. The molecule has 0 aromatic carbocycles. The van der Waals surface area contributed by atoms with Gasteiger partial charge in [-0.3, -0.25) is 4.57 Å². The van der Waals surface area contributed by atoms with E-state index in [2.05, 4.69) is 0 Å². The van der Waals surface area contributed by atoms with Crippen molar-refractivity contribution in [2.45, 2.75) is 18.3 Å². The van der Waals surface area contributed by atoms with Crippen LogP contribution in [0.3, 0.4) is 0 Å². The predicted octanol–water partition coefficient (Wildman–Crippen LogP) is -2.95. The fourth-order valence-electron chi connectivity index (χ4n) is 1.20. The van der Waals surface area contributed by atoms with E-state index in [1.165, 1.54) is 0 Å². The molecule has 9 heteroatoms. The van der Waals surface area contributed by atoms with Crippen LogP contribution in [0, 0.1) is 5.92 Å². The van der Waals surface area contributed by atoms with Crippen molar-refractivity contribution in [3.05, 3.63) is 0 Å². The van der Waals surface area contributed by atoms with E-state index in [4.69, 9.17) is 20.0 Å². The Labute approximate surface area is 91.3 Å². The first-order chi connectivity index (χ1) is 7.22. The highest BCUT2D eigenvalue weighted by Crippen LogP contribution is 2.39. The van der Waals surface area contributed by atoms with Gasteiger partial charge in [0.2, 0.25) is 0 Å². The van der Waals surface area contributed by atoms with E-state index >= 15 is 0 Å². The highest BCUT2D eigenvalue weighted by molar-refractivity contribution is 7.51. The summed E-state index contributed by atoms with van der Waals surface area (Å²) in [5.41, 5.74) is 0. The van der Waals surface area contributed by atoms with Crippen molar-refractivity contribution >= 4 is 13.9 Å². The maximum Gasteiger partial charge on any atom is 0.326 e. The van der Waals surface area contributed by atoms with Gasteiger partial charge >= 0.3 is 7.60 Å². The van der Waals surface area contributed by atoms with Gasteiger partial charge in [0.25, 0.3) is 0 Å². The number of hydrogen-bond acceptors (Lipinski definition) is 6. The maximum atomic E-state index is 10.7. The van der Waals surface area contributed by atoms with Crippen molar-refractivity contribution in [2.24, 2.45) is 5.92 Å².